The third-order valence-corrected chi connectivity index (χ3v) is 3.53. The van der Waals surface area contributed by atoms with Crippen LogP contribution in [0.15, 0.2) is 11.6 Å². The van der Waals surface area contributed by atoms with Gasteiger partial charge in [-0.2, -0.15) is 5.26 Å². The molecule has 1 fully saturated rings. The molecule has 0 aromatic carbocycles. The number of aliphatic hydroxyl groups is 1. The number of amides is 2. The molecule has 25 heavy (non-hydrogen) atoms. The molecular weight excluding hydrogens is 322 g/mol. The third-order valence-electron chi connectivity index (χ3n) is 3.53. The van der Waals surface area contributed by atoms with Crippen molar-refractivity contribution in [2.24, 2.45) is 5.41 Å². The van der Waals surface area contributed by atoms with Gasteiger partial charge in [-0.15, -0.1) is 0 Å². The lowest BCUT2D eigenvalue weighted by atomic mass is 9.93. The van der Waals surface area contributed by atoms with Crippen molar-refractivity contribution in [3.8, 4) is 6.07 Å². The maximum atomic E-state index is 12.7. The fourth-order valence-corrected chi connectivity index (χ4v) is 2.50. The summed E-state index contributed by atoms with van der Waals surface area (Å²) in [7, 11) is 0. The minimum absolute atomic E-state index is 0.0525. The van der Waals surface area contributed by atoms with E-state index in [1.807, 2.05) is 26.8 Å². The normalized spacial score (nSPS) is 19.4. The van der Waals surface area contributed by atoms with Gasteiger partial charge in [-0.25, -0.2) is 4.79 Å². The first kappa shape index (κ1) is 21.0. The van der Waals surface area contributed by atoms with E-state index in [1.54, 1.807) is 26.8 Å². The SMILES string of the molecule is CC(C)(C)/C=C(\C#N)C(=O)N1CCN(C(=O)OC(C)(C)C)C[C@@H]1CO. The molecule has 1 aliphatic heterocycles. The Morgan fingerprint density at radius 1 is 1.24 bits per heavy atom. The lowest BCUT2D eigenvalue weighted by Crippen LogP contribution is -2.58. The highest BCUT2D eigenvalue weighted by Crippen LogP contribution is 2.21. The maximum absolute atomic E-state index is 12.7. The quantitative estimate of drug-likeness (QED) is 0.606. The Morgan fingerprint density at radius 2 is 1.84 bits per heavy atom. The Hall–Kier alpha value is -2.07. The van der Waals surface area contributed by atoms with E-state index in [1.165, 1.54) is 9.80 Å². The molecule has 1 atom stereocenters. The number of piperazine rings is 1. The molecule has 1 N–H and O–H groups in total. The van der Waals surface area contributed by atoms with Crippen molar-refractivity contribution in [2.75, 3.05) is 26.2 Å². The van der Waals surface area contributed by atoms with Crippen molar-refractivity contribution in [1.29, 1.82) is 5.26 Å². The molecule has 1 heterocycles. The van der Waals surface area contributed by atoms with Crippen molar-refractivity contribution in [3.63, 3.8) is 0 Å². The number of nitriles is 1. The molecule has 0 aliphatic carbocycles. The summed E-state index contributed by atoms with van der Waals surface area (Å²) in [5.41, 5.74) is -0.868. The zero-order valence-corrected chi connectivity index (χ0v) is 16.0. The van der Waals surface area contributed by atoms with Gasteiger partial charge >= 0.3 is 6.09 Å². The van der Waals surface area contributed by atoms with Crippen molar-refractivity contribution < 1.29 is 19.4 Å². The second-order valence-corrected chi connectivity index (χ2v) is 8.30. The Kier molecular flexibility index (Phi) is 6.61. The van der Waals surface area contributed by atoms with Gasteiger partial charge in [0.2, 0.25) is 0 Å². The highest BCUT2D eigenvalue weighted by atomic mass is 16.6. The number of carbonyl (C=O) groups is 2. The van der Waals surface area contributed by atoms with E-state index in [4.69, 9.17) is 4.74 Å². The molecule has 0 bridgehead atoms. The highest BCUT2D eigenvalue weighted by Gasteiger charge is 2.35. The topological polar surface area (TPSA) is 93.9 Å². The first-order valence-corrected chi connectivity index (χ1v) is 8.40. The zero-order valence-electron chi connectivity index (χ0n) is 16.0. The predicted octanol–water partition coefficient (Wildman–Crippen LogP) is 1.92. The molecule has 7 heteroatoms. The largest absolute Gasteiger partial charge is 0.444 e. The molecular formula is C18H29N3O4. The number of hydrogen-bond donors (Lipinski definition) is 1. The van der Waals surface area contributed by atoms with Gasteiger partial charge in [0.1, 0.15) is 17.2 Å². The summed E-state index contributed by atoms with van der Waals surface area (Å²) >= 11 is 0. The van der Waals surface area contributed by atoms with E-state index < -0.39 is 23.6 Å². The Balaban J connectivity index is 2.89. The Morgan fingerprint density at radius 3 is 2.28 bits per heavy atom. The average molecular weight is 351 g/mol. The molecule has 0 spiro atoms. The fourth-order valence-electron chi connectivity index (χ4n) is 2.50. The zero-order chi connectivity index (χ0) is 19.4. The Labute approximate surface area is 149 Å². The number of aliphatic hydroxyl groups excluding tert-OH is 1. The van der Waals surface area contributed by atoms with Crippen LogP contribution >= 0.6 is 0 Å². The standard InChI is InChI=1S/C18H29N3O4/c1-17(2,3)9-13(10-19)15(23)21-8-7-20(11-14(21)12-22)16(24)25-18(4,5)6/h9,14,22H,7-8,11-12H2,1-6H3/b13-9+/t14-/m1/s1. The van der Waals surface area contributed by atoms with E-state index in [0.717, 1.165) is 0 Å². The van der Waals surface area contributed by atoms with Crippen molar-refractivity contribution in [2.45, 2.75) is 53.2 Å². The van der Waals surface area contributed by atoms with Crippen LogP contribution in [0.4, 0.5) is 4.79 Å². The van der Waals surface area contributed by atoms with Gasteiger partial charge < -0.3 is 19.6 Å². The molecule has 1 rings (SSSR count). The second-order valence-electron chi connectivity index (χ2n) is 8.30. The highest BCUT2D eigenvalue weighted by molar-refractivity contribution is 5.97. The number of allylic oxidation sites excluding steroid dienone is 1. The monoisotopic (exact) mass is 351 g/mol. The summed E-state index contributed by atoms with van der Waals surface area (Å²) in [5, 5.41) is 19.0. The summed E-state index contributed by atoms with van der Waals surface area (Å²) in [4.78, 5) is 27.8. The predicted molar refractivity (Wildman–Crippen MR) is 93.5 cm³/mol. The van der Waals surface area contributed by atoms with Crippen LogP contribution in [0.5, 0.6) is 0 Å². The van der Waals surface area contributed by atoms with Crippen LogP contribution in [0.2, 0.25) is 0 Å². The van der Waals surface area contributed by atoms with E-state index >= 15 is 0 Å². The lowest BCUT2D eigenvalue weighted by Gasteiger charge is -2.40. The van der Waals surface area contributed by atoms with E-state index in [2.05, 4.69) is 0 Å². The number of rotatable bonds is 2. The molecule has 2 amide bonds. The van der Waals surface area contributed by atoms with Crippen molar-refractivity contribution in [3.05, 3.63) is 11.6 Å². The van der Waals surface area contributed by atoms with Crippen LogP contribution in [0, 0.1) is 16.7 Å². The van der Waals surface area contributed by atoms with Gasteiger partial charge in [0.15, 0.2) is 0 Å². The third kappa shape index (κ3) is 6.39. The first-order valence-electron chi connectivity index (χ1n) is 8.40. The van der Waals surface area contributed by atoms with Gasteiger partial charge in [0.25, 0.3) is 5.91 Å². The molecule has 1 aliphatic rings. The smallest absolute Gasteiger partial charge is 0.410 e. The molecule has 0 radical (unpaired) electrons. The second kappa shape index (κ2) is 7.87. The number of nitrogens with zero attached hydrogens (tertiary/aromatic N) is 3. The van der Waals surface area contributed by atoms with E-state index in [9.17, 15) is 20.0 Å². The van der Waals surface area contributed by atoms with Crippen LogP contribution < -0.4 is 0 Å². The maximum Gasteiger partial charge on any atom is 0.410 e. The molecule has 140 valence electrons. The van der Waals surface area contributed by atoms with Crippen molar-refractivity contribution in [1.82, 2.24) is 9.80 Å². The Bertz CT molecular complexity index is 579. The first-order chi connectivity index (χ1) is 11.4. The number of ether oxygens (including phenoxy) is 1. The summed E-state index contributed by atoms with van der Waals surface area (Å²) in [6.45, 7) is 11.5. The van der Waals surface area contributed by atoms with Crippen LogP contribution in [0.3, 0.4) is 0 Å². The molecule has 0 aromatic rings. The van der Waals surface area contributed by atoms with Gasteiger partial charge in [0.05, 0.1) is 12.6 Å². The van der Waals surface area contributed by atoms with Crippen LogP contribution in [0.1, 0.15) is 41.5 Å². The summed E-state index contributed by atoms with van der Waals surface area (Å²) < 4.78 is 5.34. The van der Waals surface area contributed by atoms with Crippen molar-refractivity contribution >= 4 is 12.0 Å². The number of hydrogen-bond acceptors (Lipinski definition) is 5. The van der Waals surface area contributed by atoms with E-state index in [-0.39, 0.29) is 30.7 Å². The summed E-state index contributed by atoms with van der Waals surface area (Å²) in [6, 6.07) is 1.38. The van der Waals surface area contributed by atoms with Crippen LogP contribution in [0.25, 0.3) is 0 Å². The number of carbonyl (C=O) groups excluding carboxylic acids is 2. The van der Waals surface area contributed by atoms with Gasteiger partial charge in [-0.05, 0) is 26.2 Å². The molecule has 0 unspecified atom stereocenters. The molecule has 7 nitrogen and oxygen atoms in total. The average Bonchev–Trinajstić information content (AvgIpc) is 2.48. The fraction of sp³-hybridized carbons (Fsp3) is 0.722. The summed E-state index contributed by atoms with van der Waals surface area (Å²) in [5.74, 6) is -0.416. The van der Waals surface area contributed by atoms with Gasteiger partial charge in [0, 0.05) is 19.6 Å². The minimum Gasteiger partial charge on any atom is -0.444 e. The van der Waals surface area contributed by atoms with Gasteiger partial charge in [-0.1, -0.05) is 26.8 Å². The minimum atomic E-state index is -0.609. The molecule has 0 saturated carbocycles. The molecule has 0 aromatic heterocycles. The van der Waals surface area contributed by atoms with Gasteiger partial charge in [-0.3, -0.25) is 4.79 Å². The van der Waals surface area contributed by atoms with E-state index in [0.29, 0.717) is 6.54 Å². The molecule has 1 saturated heterocycles. The van der Waals surface area contributed by atoms with Crippen LogP contribution in [-0.2, 0) is 9.53 Å². The lowest BCUT2D eigenvalue weighted by molar-refractivity contribution is -0.132. The summed E-state index contributed by atoms with van der Waals surface area (Å²) in [6.07, 6.45) is 1.16. The van der Waals surface area contributed by atoms with Crippen LogP contribution in [-0.4, -0.2) is 64.8 Å².